The second kappa shape index (κ2) is 11.7. The number of ether oxygens (including phenoxy) is 3. The van der Waals surface area contributed by atoms with Crippen LogP contribution in [0.25, 0.3) is 0 Å². The predicted octanol–water partition coefficient (Wildman–Crippen LogP) is 2.13. The van der Waals surface area contributed by atoms with Gasteiger partial charge in [-0.2, -0.15) is 0 Å². The van der Waals surface area contributed by atoms with Crippen LogP contribution in [-0.2, 0) is 23.4 Å². The highest BCUT2D eigenvalue weighted by Crippen LogP contribution is 2.45. The zero-order valence-corrected chi connectivity index (χ0v) is 20.9. The Balaban J connectivity index is 1.68. The second-order valence-electron chi connectivity index (χ2n) is 8.12. The quantitative estimate of drug-likeness (QED) is 0.340. The van der Waals surface area contributed by atoms with E-state index in [2.05, 4.69) is 10.1 Å². The number of aryl methyl sites for hydroxylation is 1. The summed E-state index contributed by atoms with van der Waals surface area (Å²) >= 11 is 0. The number of nitrogens with zero attached hydrogens (tertiary/aromatic N) is 1. The fourth-order valence-corrected chi connectivity index (χ4v) is 4.88. The average Bonchev–Trinajstić information content (AvgIpc) is 3.32. The summed E-state index contributed by atoms with van der Waals surface area (Å²) in [6, 6.07) is 6.44. The maximum Gasteiger partial charge on any atom is 0.458 e. The molecule has 4 atom stereocenters. The number of aromatic amines is 1. The Labute approximate surface area is 202 Å². The lowest BCUT2D eigenvalue weighted by atomic mass is 10.2. The lowest BCUT2D eigenvalue weighted by Gasteiger charge is -2.23. The van der Waals surface area contributed by atoms with Crippen LogP contribution in [0.3, 0.4) is 0 Å². The number of rotatable bonds is 11. The molecule has 0 amide bonds. The summed E-state index contributed by atoms with van der Waals surface area (Å²) in [7, 11) is -1.14. The van der Waals surface area contributed by atoms with Gasteiger partial charge < -0.3 is 18.7 Å². The first-order valence-corrected chi connectivity index (χ1v) is 12.6. The number of carbonyl (C=O) groups excluding carboxylic acids is 1. The van der Waals surface area contributed by atoms with Crippen molar-refractivity contribution in [1.29, 1.82) is 0 Å². The third kappa shape index (κ3) is 7.04. The Hall–Kier alpha value is -2.92. The van der Waals surface area contributed by atoms with Gasteiger partial charge in [-0.3, -0.25) is 23.7 Å². The van der Waals surface area contributed by atoms with E-state index in [1.165, 1.54) is 25.0 Å². The molecule has 1 aliphatic rings. The van der Waals surface area contributed by atoms with Crippen molar-refractivity contribution in [1.82, 2.24) is 14.6 Å². The molecule has 2 N–H and O–H groups in total. The maximum absolute atomic E-state index is 13.5. The topological polar surface area (TPSA) is 147 Å². The molecule has 0 bridgehead atoms. The van der Waals surface area contributed by atoms with Gasteiger partial charge in [0, 0.05) is 18.3 Å². The average molecular weight is 511 g/mol. The van der Waals surface area contributed by atoms with Crippen LogP contribution in [0.5, 0.6) is 11.5 Å². The first kappa shape index (κ1) is 26.7. The van der Waals surface area contributed by atoms with E-state index in [4.69, 9.17) is 23.3 Å². The minimum atomic E-state index is -3.93. The minimum absolute atomic E-state index is 0.0136. The first-order valence-electron chi connectivity index (χ1n) is 11.0. The van der Waals surface area contributed by atoms with Gasteiger partial charge in [0.2, 0.25) is 0 Å². The highest BCUT2D eigenvalue weighted by atomic mass is 31.2. The molecule has 12 nitrogen and oxygen atoms in total. The van der Waals surface area contributed by atoms with E-state index >= 15 is 0 Å². The standard InChI is InChI=1S/C22H30N3O9P/c1-14(21(27)31-4)11-23-35(29,34-17-7-5-16(30-3)6-8-17)32-13-18-9-10-19(33-18)25-12-15(2)20(26)24-22(25)28/h5-8,12,14,18-19H,9-11,13H2,1-4H3,(H,23,29)(H,24,26,28)/t14?,18-,19+,35?/m0/s1. The maximum atomic E-state index is 13.5. The third-order valence-corrected chi connectivity index (χ3v) is 6.96. The summed E-state index contributed by atoms with van der Waals surface area (Å²) in [5.41, 5.74) is -0.638. The zero-order chi connectivity index (χ0) is 25.6. The molecule has 0 spiro atoms. The second-order valence-corrected chi connectivity index (χ2v) is 9.87. The molecule has 1 aliphatic heterocycles. The van der Waals surface area contributed by atoms with Crippen LogP contribution in [0.1, 0.15) is 31.6 Å². The number of esters is 1. The molecule has 13 heteroatoms. The molecule has 0 saturated carbocycles. The van der Waals surface area contributed by atoms with Crippen LogP contribution in [0.15, 0.2) is 40.1 Å². The van der Waals surface area contributed by atoms with Gasteiger partial charge in [0.05, 0.1) is 32.8 Å². The predicted molar refractivity (Wildman–Crippen MR) is 126 cm³/mol. The van der Waals surface area contributed by atoms with Gasteiger partial charge in [0.25, 0.3) is 5.56 Å². The van der Waals surface area contributed by atoms with Gasteiger partial charge in [0.15, 0.2) is 0 Å². The van der Waals surface area contributed by atoms with Crippen molar-refractivity contribution in [2.24, 2.45) is 5.92 Å². The number of benzene rings is 1. The summed E-state index contributed by atoms with van der Waals surface area (Å²) in [5.74, 6) is -0.206. The van der Waals surface area contributed by atoms with E-state index in [-0.39, 0.29) is 18.9 Å². The molecular formula is C22H30N3O9P. The van der Waals surface area contributed by atoms with Crippen molar-refractivity contribution >= 4 is 13.7 Å². The van der Waals surface area contributed by atoms with Crippen LogP contribution in [-0.4, -0.2) is 49.0 Å². The molecule has 2 heterocycles. The number of hydrogen-bond donors (Lipinski definition) is 2. The summed E-state index contributed by atoms with van der Waals surface area (Å²) < 4.78 is 41.9. The lowest BCUT2D eigenvalue weighted by Crippen LogP contribution is -2.33. The third-order valence-electron chi connectivity index (χ3n) is 5.45. The zero-order valence-electron chi connectivity index (χ0n) is 20.0. The molecule has 0 radical (unpaired) electrons. The van der Waals surface area contributed by atoms with Crippen LogP contribution in [0, 0.1) is 12.8 Å². The number of aromatic nitrogens is 2. The Kier molecular flexibility index (Phi) is 8.90. The Bertz CT molecular complexity index is 1180. The van der Waals surface area contributed by atoms with Crippen LogP contribution in [0.2, 0.25) is 0 Å². The van der Waals surface area contributed by atoms with E-state index < -0.39 is 43.2 Å². The highest BCUT2D eigenvalue weighted by molar-refractivity contribution is 7.52. The fourth-order valence-electron chi connectivity index (χ4n) is 3.41. The summed E-state index contributed by atoms with van der Waals surface area (Å²) in [5, 5.41) is 2.71. The smallest absolute Gasteiger partial charge is 0.458 e. The van der Waals surface area contributed by atoms with Crippen molar-refractivity contribution < 1.29 is 32.6 Å². The molecule has 1 aromatic carbocycles. The van der Waals surface area contributed by atoms with Crippen molar-refractivity contribution in [2.75, 3.05) is 27.4 Å². The van der Waals surface area contributed by atoms with E-state index in [0.717, 1.165) is 0 Å². The van der Waals surface area contributed by atoms with E-state index in [1.54, 1.807) is 38.1 Å². The number of H-pyrrole nitrogens is 1. The number of hydrogen-bond acceptors (Lipinski definition) is 9. The van der Waals surface area contributed by atoms with Crippen LogP contribution in [0.4, 0.5) is 0 Å². The molecule has 192 valence electrons. The van der Waals surface area contributed by atoms with Crippen molar-refractivity contribution in [2.45, 2.75) is 39.0 Å². The van der Waals surface area contributed by atoms with Crippen molar-refractivity contribution in [3.8, 4) is 11.5 Å². The Morgan fingerprint density at radius 1 is 1.23 bits per heavy atom. The molecule has 2 aromatic rings. The first-order chi connectivity index (χ1) is 16.6. The van der Waals surface area contributed by atoms with Crippen LogP contribution < -0.4 is 25.6 Å². The Morgan fingerprint density at radius 3 is 2.57 bits per heavy atom. The van der Waals surface area contributed by atoms with Crippen molar-refractivity contribution in [3.05, 3.63) is 56.9 Å². The normalized spacial score (nSPS) is 20.1. The molecule has 1 fully saturated rings. The molecule has 35 heavy (non-hydrogen) atoms. The highest BCUT2D eigenvalue weighted by Gasteiger charge is 2.33. The molecule has 2 unspecified atom stereocenters. The molecule has 0 aliphatic carbocycles. The lowest BCUT2D eigenvalue weighted by molar-refractivity contribution is -0.144. The van der Waals surface area contributed by atoms with Crippen LogP contribution >= 0.6 is 7.75 Å². The summed E-state index contributed by atoms with van der Waals surface area (Å²) in [6.45, 7) is 3.10. The van der Waals surface area contributed by atoms with Gasteiger partial charge in [-0.1, -0.05) is 6.92 Å². The molecular weight excluding hydrogens is 481 g/mol. The van der Waals surface area contributed by atoms with Gasteiger partial charge >= 0.3 is 19.4 Å². The van der Waals surface area contributed by atoms with Gasteiger partial charge in [-0.25, -0.2) is 14.4 Å². The molecule has 1 aromatic heterocycles. The fraction of sp³-hybridized carbons (Fsp3) is 0.500. The number of nitrogens with one attached hydrogen (secondary N) is 2. The van der Waals surface area contributed by atoms with Gasteiger partial charge in [0.1, 0.15) is 17.7 Å². The molecule has 3 rings (SSSR count). The number of methoxy groups -OCH3 is 2. The molecule has 1 saturated heterocycles. The van der Waals surface area contributed by atoms with Crippen molar-refractivity contribution in [3.63, 3.8) is 0 Å². The largest absolute Gasteiger partial charge is 0.497 e. The Morgan fingerprint density at radius 2 is 1.91 bits per heavy atom. The number of carbonyl (C=O) groups is 1. The minimum Gasteiger partial charge on any atom is -0.497 e. The monoisotopic (exact) mass is 511 g/mol. The van der Waals surface area contributed by atoms with E-state index in [0.29, 0.717) is 24.2 Å². The van der Waals surface area contributed by atoms with Gasteiger partial charge in [-0.15, -0.1) is 0 Å². The van der Waals surface area contributed by atoms with E-state index in [1.807, 2.05) is 0 Å². The summed E-state index contributed by atoms with van der Waals surface area (Å²) in [4.78, 5) is 37.8. The van der Waals surface area contributed by atoms with Gasteiger partial charge in [-0.05, 0) is 44.0 Å². The summed E-state index contributed by atoms with van der Waals surface area (Å²) in [6.07, 6.45) is 1.39. The SMILES string of the molecule is COC(=O)C(C)CNP(=O)(OC[C@@H]1CC[C@H](n2cc(C)c(=O)[nH]c2=O)O1)Oc1ccc(OC)cc1. The van der Waals surface area contributed by atoms with E-state index in [9.17, 15) is 18.9 Å².